The van der Waals surface area contributed by atoms with Gasteiger partial charge in [-0.3, -0.25) is 4.79 Å². The van der Waals surface area contributed by atoms with Crippen LogP contribution in [-0.4, -0.2) is 39.6 Å². The molecule has 1 amide bonds. The van der Waals surface area contributed by atoms with Gasteiger partial charge in [-0.05, 0) is 45.7 Å². The number of carbonyl (C=O) groups excluding carboxylic acids is 1. The maximum Gasteiger partial charge on any atom is 0.260 e. The van der Waals surface area contributed by atoms with E-state index >= 15 is 0 Å². The number of carbonyl (C=O) groups is 1. The third-order valence-electron chi connectivity index (χ3n) is 5.28. The topological polar surface area (TPSA) is 68.5 Å². The first-order valence-corrected chi connectivity index (χ1v) is 10.9. The minimum absolute atomic E-state index is 0.0158. The monoisotopic (exact) mass is 421 g/mol. The van der Waals surface area contributed by atoms with Crippen LogP contribution in [-0.2, 0) is 11.2 Å². The Kier molecular flexibility index (Phi) is 7.82. The molecule has 0 saturated heterocycles. The van der Waals surface area contributed by atoms with E-state index in [2.05, 4.69) is 17.1 Å². The minimum atomic E-state index is -0.0158. The molecule has 0 saturated carbocycles. The molecule has 0 aliphatic carbocycles. The first-order valence-electron chi connectivity index (χ1n) is 10.9. The summed E-state index contributed by atoms with van der Waals surface area (Å²) in [4.78, 5) is 19.4. The van der Waals surface area contributed by atoms with Crippen LogP contribution in [0.15, 0.2) is 59.1 Å². The average molecular weight is 422 g/mol. The van der Waals surface area contributed by atoms with E-state index in [0.717, 1.165) is 24.0 Å². The molecule has 3 aromatic rings. The Hall–Kier alpha value is -3.15. The third kappa shape index (κ3) is 6.17. The number of aryl methyl sites for hydroxylation is 2. The van der Waals surface area contributed by atoms with Crippen LogP contribution in [0.3, 0.4) is 0 Å². The van der Waals surface area contributed by atoms with Gasteiger partial charge in [0.05, 0.1) is 0 Å². The van der Waals surface area contributed by atoms with E-state index in [-0.39, 0.29) is 24.6 Å². The van der Waals surface area contributed by atoms with Gasteiger partial charge in [-0.1, -0.05) is 60.1 Å². The molecule has 0 unspecified atom stereocenters. The van der Waals surface area contributed by atoms with E-state index in [0.29, 0.717) is 23.9 Å². The van der Waals surface area contributed by atoms with Gasteiger partial charge in [0.15, 0.2) is 6.61 Å². The highest BCUT2D eigenvalue weighted by atomic mass is 16.5. The molecule has 0 fully saturated rings. The van der Waals surface area contributed by atoms with Gasteiger partial charge in [-0.15, -0.1) is 0 Å². The van der Waals surface area contributed by atoms with Crippen molar-refractivity contribution in [3.63, 3.8) is 0 Å². The van der Waals surface area contributed by atoms with Crippen molar-refractivity contribution < 1.29 is 14.1 Å². The standard InChI is InChI=1S/C25H31N3O3/c1-5-21(13-16-23-26-25(27-31-23)20-9-7-6-8-10-20)28(18(2)3)24(29)17-30-22-14-11-19(4)12-15-22/h6-12,14-15,18,21H,5,13,16-17H2,1-4H3/t21-/m0/s1. The molecular formula is C25H31N3O3. The average Bonchev–Trinajstić information content (AvgIpc) is 3.25. The lowest BCUT2D eigenvalue weighted by Crippen LogP contribution is -2.47. The summed E-state index contributed by atoms with van der Waals surface area (Å²) in [5, 5.41) is 4.09. The molecule has 0 aliphatic heterocycles. The summed E-state index contributed by atoms with van der Waals surface area (Å²) in [6.07, 6.45) is 2.21. The number of ether oxygens (including phenoxy) is 1. The van der Waals surface area contributed by atoms with Gasteiger partial charge < -0.3 is 14.2 Å². The second-order valence-electron chi connectivity index (χ2n) is 7.97. The molecule has 3 rings (SSSR count). The number of nitrogens with zero attached hydrogens (tertiary/aromatic N) is 3. The molecule has 1 atom stereocenters. The van der Waals surface area contributed by atoms with Gasteiger partial charge in [0.25, 0.3) is 5.91 Å². The van der Waals surface area contributed by atoms with E-state index in [1.165, 1.54) is 0 Å². The fraction of sp³-hybridized carbons (Fsp3) is 0.400. The zero-order valence-corrected chi connectivity index (χ0v) is 18.7. The molecule has 0 radical (unpaired) electrons. The Morgan fingerprint density at radius 1 is 1.10 bits per heavy atom. The van der Waals surface area contributed by atoms with Gasteiger partial charge >= 0.3 is 0 Å². The van der Waals surface area contributed by atoms with Crippen LogP contribution in [0.25, 0.3) is 11.4 Å². The Bertz CT molecular complexity index is 952. The van der Waals surface area contributed by atoms with E-state index in [1.54, 1.807) is 0 Å². The Morgan fingerprint density at radius 2 is 1.81 bits per heavy atom. The largest absolute Gasteiger partial charge is 0.484 e. The highest BCUT2D eigenvalue weighted by molar-refractivity contribution is 5.78. The SMILES string of the molecule is CC[C@@H](CCc1nc(-c2ccccc2)no1)N(C(=O)COc1ccc(C)cc1)C(C)C. The van der Waals surface area contributed by atoms with Gasteiger partial charge in [-0.2, -0.15) is 4.98 Å². The summed E-state index contributed by atoms with van der Waals surface area (Å²) in [7, 11) is 0. The van der Waals surface area contributed by atoms with Gasteiger partial charge in [0.1, 0.15) is 5.75 Å². The van der Waals surface area contributed by atoms with Gasteiger partial charge in [0.2, 0.25) is 11.7 Å². The molecule has 0 spiro atoms. The molecule has 1 aromatic heterocycles. The van der Waals surface area contributed by atoms with E-state index < -0.39 is 0 Å². The van der Waals surface area contributed by atoms with E-state index in [1.807, 2.05) is 80.3 Å². The quantitative estimate of drug-likeness (QED) is 0.457. The zero-order chi connectivity index (χ0) is 22.2. The van der Waals surface area contributed by atoms with Crippen LogP contribution in [0.4, 0.5) is 0 Å². The van der Waals surface area contributed by atoms with Crippen molar-refractivity contribution in [1.29, 1.82) is 0 Å². The van der Waals surface area contributed by atoms with Crippen molar-refractivity contribution in [2.75, 3.05) is 6.61 Å². The van der Waals surface area contributed by atoms with E-state index in [9.17, 15) is 4.79 Å². The van der Waals surface area contributed by atoms with Crippen molar-refractivity contribution in [3.05, 3.63) is 66.1 Å². The normalized spacial score (nSPS) is 12.0. The lowest BCUT2D eigenvalue weighted by molar-refractivity contribution is -0.138. The lowest BCUT2D eigenvalue weighted by atomic mass is 10.0. The summed E-state index contributed by atoms with van der Waals surface area (Å²) in [5.41, 5.74) is 2.08. The van der Waals surface area contributed by atoms with Crippen molar-refractivity contribution in [1.82, 2.24) is 15.0 Å². The second-order valence-corrected chi connectivity index (χ2v) is 7.97. The molecule has 164 valence electrons. The minimum Gasteiger partial charge on any atom is -0.484 e. The fourth-order valence-corrected chi connectivity index (χ4v) is 3.66. The maximum atomic E-state index is 13.0. The van der Waals surface area contributed by atoms with Crippen LogP contribution >= 0.6 is 0 Å². The first kappa shape index (κ1) is 22.5. The highest BCUT2D eigenvalue weighted by Gasteiger charge is 2.26. The van der Waals surface area contributed by atoms with Crippen LogP contribution in [0.2, 0.25) is 0 Å². The smallest absolute Gasteiger partial charge is 0.260 e. The maximum absolute atomic E-state index is 13.0. The number of benzene rings is 2. The van der Waals surface area contributed by atoms with Crippen LogP contribution in [0, 0.1) is 6.92 Å². The fourth-order valence-electron chi connectivity index (χ4n) is 3.66. The van der Waals surface area contributed by atoms with Gasteiger partial charge in [-0.25, -0.2) is 0 Å². The van der Waals surface area contributed by atoms with Crippen molar-refractivity contribution in [2.45, 2.75) is 59.0 Å². The summed E-state index contributed by atoms with van der Waals surface area (Å²) in [6.45, 7) is 8.21. The third-order valence-corrected chi connectivity index (χ3v) is 5.28. The van der Waals surface area contributed by atoms with Gasteiger partial charge in [0, 0.05) is 24.1 Å². The number of aromatic nitrogens is 2. The molecule has 6 nitrogen and oxygen atoms in total. The Labute approximate surface area is 184 Å². The first-order chi connectivity index (χ1) is 15.0. The summed E-state index contributed by atoms with van der Waals surface area (Å²) in [6, 6.07) is 17.6. The molecule has 0 bridgehead atoms. The van der Waals surface area contributed by atoms with Crippen molar-refractivity contribution in [3.8, 4) is 17.1 Å². The van der Waals surface area contributed by atoms with Crippen molar-refractivity contribution >= 4 is 5.91 Å². The molecule has 31 heavy (non-hydrogen) atoms. The molecular weight excluding hydrogens is 390 g/mol. The number of hydrogen-bond donors (Lipinski definition) is 0. The molecule has 2 aromatic carbocycles. The molecule has 0 N–H and O–H groups in total. The summed E-state index contributed by atoms with van der Waals surface area (Å²) < 4.78 is 11.2. The molecule has 1 heterocycles. The van der Waals surface area contributed by atoms with Crippen LogP contribution in [0.5, 0.6) is 5.75 Å². The van der Waals surface area contributed by atoms with Crippen molar-refractivity contribution in [2.24, 2.45) is 0 Å². The number of hydrogen-bond acceptors (Lipinski definition) is 5. The van der Waals surface area contributed by atoms with E-state index in [4.69, 9.17) is 9.26 Å². The Morgan fingerprint density at radius 3 is 2.45 bits per heavy atom. The number of amides is 1. The zero-order valence-electron chi connectivity index (χ0n) is 18.7. The second kappa shape index (κ2) is 10.8. The lowest BCUT2D eigenvalue weighted by Gasteiger charge is -2.34. The summed E-state index contributed by atoms with van der Waals surface area (Å²) >= 11 is 0. The number of rotatable bonds is 10. The Balaban J connectivity index is 1.60. The molecule has 0 aliphatic rings. The predicted molar refractivity (Wildman–Crippen MR) is 121 cm³/mol. The highest BCUT2D eigenvalue weighted by Crippen LogP contribution is 2.19. The molecule has 6 heteroatoms. The van der Waals surface area contributed by atoms with Crippen LogP contribution < -0.4 is 4.74 Å². The predicted octanol–water partition coefficient (Wildman–Crippen LogP) is 5.07. The van der Waals surface area contributed by atoms with Crippen LogP contribution in [0.1, 0.15) is 45.1 Å². The summed E-state index contributed by atoms with van der Waals surface area (Å²) in [5.74, 6) is 1.87.